The first kappa shape index (κ1) is 13.4. The number of carbonyl (C=O) groups is 1. The lowest BCUT2D eigenvalue weighted by Crippen LogP contribution is -2.40. The standard InChI is InChI=1S/C10H22N2O2/c1-4-9(7-13)12-10(14)6-8(3)11-5-2/h8-9,11,13H,4-7H2,1-3H3,(H,12,14). The maximum absolute atomic E-state index is 11.4. The van der Waals surface area contributed by atoms with E-state index in [-0.39, 0.29) is 24.6 Å². The number of rotatable bonds is 7. The Morgan fingerprint density at radius 3 is 2.50 bits per heavy atom. The molecule has 0 radical (unpaired) electrons. The number of hydrogen-bond acceptors (Lipinski definition) is 3. The first-order chi connectivity index (χ1) is 6.63. The van der Waals surface area contributed by atoms with Gasteiger partial charge in [0.2, 0.25) is 5.91 Å². The van der Waals surface area contributed by atoms with E-state index in [1.807, 2.05) is 20.8 Å². The molecule has 3 N–H and O–H groups in total. The minimum atomic E-state index is -0.101. The Morgan fingerprint density at radius 1 is 1.43 bits per heavy atom. The van der Waals surface area contributed by atoms with Gasteiger partial charge in [-0.05, 0) is 19.9 Å². The van der Waals surface area contributed by atoms with E-state index in [0.29, 0.717) is 6.42 Å². The molecule has 0 aliphatic rings. The molecule has 0 saturated carbocycles. The SMILES string of the molecule is CCNC(C)CC(=O)NC(CC)CO. The topological polar surface area (TPSA) is 61.4 Å². The Morgan fingerprint density at radius 2 is 2.07 bits per heavy atom. The second kappa shape index (κ2) is 7.76. The molecule has 0 aromatic carbocycles. The second-order valence-corrected chi connectivity index (χ2v) is 3.52. The molecule has 0 aliphatic carbocycles. The third-order valence-electron chi connectivity index (χ3n) is 2.12. The average molecular weight is 202 g/mol. The zero-order valence-electron chi connectivity index (χ0n) is 9.34. The van der Waals surface area contributed by atoms with E-state index in [2.05, 4.69) is 10.6 Å². The van der Waals surface area contributed by atoms with Gasteiger partial charge in [0.15, 0.2) is 0 Å². The van der Waals surface area contributed by atoms with Crippen LogP contribution in [0.1, 0.15) is 33.6 Å². The van der Waals surface area contributed by atoms with Gasteiger partial charge in [-0.2, -0.15) is 0 Å². The molecule has 0 rings (SSSR count). The summed E-state index contributed by atoms with van der Waals surface area (Å²) in [5, 5.41) is 14.8. The minimum absolute atomic E-state index is 0.000602. The van der Waals surface area contributed by atoms with Crippen LogP contribution in [0.15, 0.2) is 0 Å². The summed E-state index contributed by atoms with van der Waals surface area (Å²) < 4.78 is 0. The summed E-state index contributed by atoms with van der Waals surface area (Å²) in [6, 6.07) is 0.0903. The summed E-state index contributed by atoms with van der Waals surface area (Å²) in [5.41, 5.74) is 0. The lowest BCUT2D eigenvalue weighted by Gasteiger charge is -2.16. The van der Waals surface area contributed by atoms with E-state index in [1.54, 1.807) is 0 Å². The Kier molecular flexibility index (Phi) is 7.42. The maximum atomic E-state index is 11.4. The van der Waals surface area contributed by atoms with E-state index >= 15 is 0 Å². The van der Waals surface area contributed by atoms with Gasteiger partial charge in [-0.15, -0.1) is 0 Å². The van der Waals surface area contributed by atoms with Crippen molar-refractivity contribution >= 4 is 5.91 Å². The Hall–Kier alpha value is -0.610. The number of carbonyl (C=O) groups excluding carboxylic acids is 1. The highest BCUT2D eigenvalue weighted by atomic mass is 16.3. The van der Waals surface area contributed by atoms with E-state index < -0.39 is 0 Å². The van der Waals surface area contributed by atoms with Gasteiger partial charge >= 0.3 is 0 Å². The van der Waals surface area contributed by atoms with Gasteiger partial charge < -0.3 is 15.7 Å². The highest BCUT2D eigenvalue weighted by Gasteiger charge is 2.11. The average Bonchev–Trinajstić information content (AvgIpc) is 2.14. The third-order valence-corrected chi connectivity index (χ3v) is 2.12. The zero-order valence-corrected chi connectivity index (χ0v) is 9.34. The van der Waals surface area contributed by atoms with Gasteiger partial charge in [-0.25, -0.2) is 0 Å². The Balaban J connectivity index is 3.73. The van der Waals surface area contributed by atoms with Crippen LogP contribution in [0.4, 0.5) is 0 Å². The van der Waals surface area contributed by atoms with Crippen LogP contribution in [-0.2, 0) is 4.79 Å². The molecule has 4 nitrogen and oxygen atoms in total. The second-order valence-electron chi connectivity index (χ2n) is 3.52. The molecule has 4 heteroatoms. The fourth-order valence-corrected chi connectivity index (χ4v) is 1.26. The van der Waals surface area contributed by atoms with E-state index in [1.165, 1.54) is 0 Å². The number of aliphatic hydroxyl groups is 1. The molecule has 0 aromatic rings. The van der Waals surface area contributed by atoms with Gasteiger partial charge in [0.1, 0.15) is 0 Å². The molecule has 0 aliphatic heterocycles. The minimum Gasteiger partial charge on any atom is -0.394 e. The van der Waals surface area contributed by atoms with Crippen LogP contribution in [0.25, 0.3) is 0 Å². The van der Waals surface area contributed by atoms with Crippen molar-refractivity contribution in [2.45, 2.75) is 45.7 Å². The molecule has 2 unspecified atom stereocenters. The van der Waals surface area contributed by atoms with Crippen LogP contribution < -0.4 is 10.6 Å². The third kappa shape index (κ3) is 5.94. The highest BCUT2D eigenvalue weighted by Crippen LogP contribution is 1.94. The van der Waals surface area contributed by atoms with Crippen molar-refractivity contribution in [2.24, 2.45) is 0 Å². The molecule has 0 heterocycles. The van der Waals surface area contributed by atoms with Crippen molar-refractivity contribution in [3.63, 3.8) is 0 Å². The molecule has 0 saturated heterocycles. The van der Waals surface area contributed by atoms with Gasteiger partial charge in [-0.3, -0.25) is 4.79 Å². The number of amides is 1. The maximum Gasteiger partial charge on any atom is 0.221 e. The molecule has 0 spiro atoms. The molecular formula is C10H22N2O2. The fourth-order valence-electron chi connectivity index (χ4n) is 1.26. The summed E-state index contributed by atoms with van der Waals surface area (Å²) in [6.07, 6.45) is 1.22. The van der Waals surface area contributed by atoms with Crippen LogP contribution in [0.5, 0.6) is 0 Å². The van der Waals surface area contributed by atoms with Crippen LogP contribution in [0.3, 0.4) is 0 Å². The predicted molar refractivity (Wildman–Crippen MR) is 57.1 cm³/mol. The van der Waals surface area contributed by atoms with Crippen LogP contribution in [0, 0.1) is 0 Å². The molecule has 14 heavy (non-hydrogen) atoms. The van der Waals surface area contributed by atoms with Crippen molar-refractivity contribution in [1.29, 1.82) is 0 Å². The molecular weight excluding hydrogens is 180 g/mol. The number of hydrogen-bond donors (Lipinski definition) is 3. The summed E-state index contributed by atoms with van der Waals surface area (Å²) in [6.45, 7) is 6.80. The fraction of sp³-hybridized carbons (Fsp3) is 0.900. The monoisotopic (exact) mass is 202 g/mol. The zero-order chi connectivity index (χ0) is 11.0. The van der Waals surface area contributed by atoms with Crippen molar-refractivity contribution in [2.75, 3.05) is 13.2 Å². The Labute approximate surface area is 86.1 Å². The van der Waals surface area contributed by atoms with Crippen molar-refractivity contribution < 1.29 is 9.90 Å². The molecule has 84 valence electrons. The van der Waals surface area contributed by atoms with Crippen molar-refractivity contribution in [3.05, 3.63) is 0 Å². The Bertz CT molecular complexity index is 158. The summed E-state index contributed by atoms with van der Waals surface area (Å²) in [7, 11) is 0. The van der Waals surface area contributed by atoms with Gasteiger partial charge in [0, 0.05) is 12.5 Å². The number of aliphatic hydroxyl groups excluding tert-OH is 1. The summed E-state index contributed by atoms with van der Waals surface area (Å²) in [4.78, 5) is 11.4. The summed E-state index contributed by atoms with van der Waals surface area (Å²) in [5.74, 6) is -0.000602. The van der Waals surface area contributed by atoms with Gasteiger partial charge in [0.05, 0.1) is 12.6 Å². The molecule has 2 atom stereocenters. The predicted octanol–water partition coefficient (Wildman–Crippen LogP) is 0.262. The van der Waals surface area contributed by atoms with Crippen LogP contribution in [-0.4, -0.2) is 36.2 Å². The number of nitrogens with one attached hydrogen (secondary N) is 2. The smallest absolute Gasteiger partial charge is 0.221 e. The van der Waals surface area contributed by atoms with Crippen LogP contribution in [0.2, 0.25) is 0 Å². The first-order valence-electron chi connectivity index (χ1n) is 5.27. The first-order valence-corrected chi connectivity index (χ1v) is 5.27. The van der Waals surface area contributed by atoms with Crippen LogP contribution >= 0.6 is 0 Å². The van der Waals surface area contributed by atoms with Crippen molar-refractivity contribution in [1.82, 2.24) is 10.6 Å². The van der Waals surface area contributed by atoms with Gasteiger partial charge in [0.25, 0.3) is 0 Å². The molecule has 0 fully saturated rings. The largest absolute Gasteiger partial charge is 0.394 e. The lowest BCUT2D eigenvalue weighted by atomic mass is 10.2. The molecule has 0 bridgehead atoms. The van der Waals surface area contributed by atoms with E-state index in [0.717, 1.165) is 13.0 Å². The quantitative estimate of drug-likeness (QED) is 0.555. The highest BCUT2D eigenvalue weighted by molar-refractivity contribution is 5.76. The van der Waals surface area contributed by atoms with Crippen molar-refractivity contribution in [3.8, 4) is 0 Å². The molecule has 0 aromatic heterocycles. The van der Waals surface area contributed by atoms with E-state index in [4.69, 9.17) is 5.11 Å². The normalized spacial score (nSPS) is 14.9. The van der Waals surface area contributed by atoms with Gasteiger partial charge in [-0.1, -0.05) is 13.8 Å². The van der Waals surface area contributed by atoms with E-state index in [9.17, 15) is 4.79 Å². The molecule has 1 amide bonds. The summed E-state index contributed by atoms with van der Waals surface area (Å²) >= 11 is 0. The lowest BCUT2D eigenvalue weighted by molar-refractivity contribution is -0.122.